The number of aryl methyl sites for hydroxylation is 2. The Labute approximate surface area is 191 Å². The maximum Gasteiger partial charge on any atom is 0.277 e. The van der Waals surface area contributed by atoms with Crippen LogP contribution in [0.1, 0.15) is 45.7 Å². The summed E-state index contributed by atoms with van der Waals surface area (Å²) in [6.07, 6.45) is 0.580. The van der Waals surface area contributed by atoms with Gasteiger partial charge in [-0.15, -0.1) is 10.2 Å². The number of Topliss-reactive ketones (excluding diaryl/α,β-unsaturated/α-hetero) is 1. The first kappa shape index (κ1) is 22.6. The van der Waals surface area contributed by atoms with Crippen molar-refractivity contribution in [2.75, 3.05) is 17.3 Å². The molecule has 1 aliphatic heterocycles. The highest BCUT2D eigenvalue weighted by atomic mass is 32.2. The predicted octanol–water partition coefficient (Wildman–Crippen LogP) is 3.71. The molecule has 0 bridgehead atoms. The maximum atomic E-state index is 12.8. The number of hydrogen-bond donors (Lipinski definition) is 0. The first-order chi connectivity index (χ1) is 15.2. The van der Waals surface area contributed by atoms with Gasteiger partial charge in [-0.2, -0.15) is 0 Å². The van der Waals surface area contributed by atoms with Gasteiger partial charge in [-0.05, 0) is 45.4 Å². The minimum Gasteiger partial charge on any atom is -0.484 e. The zero-order chi connectivity index (χ0) is 22.9. The predicted molar refractivity (Wildman–Crippen MR) is 121 cm³/mol. The van der Waals surface area contributed by atoms with E-state index in [4.69, 9.17) is 9.15 Å². The van der Waals surface area contributed by atoms with Crippen molar-refractivity contribution in [3.05, 3.63) is 58.7 Å². The highest BCUT2D eigenvalue weighted by Crippen LogP contribution is 2.30. The van der Waals surface area contributed by atoms with E-state index in [1.807, 2.05) is 55.7 Å². The third-order valence-corrected chi connectivity index (χ3v) is 8.09. The number of carbonyl (C=O) groups is 1. The van der Waals surface area contributed by atoms with Gasteiger partial charge < -0.3 is 13.7 Å². The highest BCUT2D eigenvalue weighted by Gasteiger charge is 2.31. The molecule has 3 aromatic rings. The molecule has 1 aromatic carbocycles. The summed E-state index contributed by atoms with van der Waals surface area (Å²) < 4.78 is 36.9. The zero-order valence-corrected chi connectivity index (χ0v) is 19.8. The summed E-state index contributed by atoms with van der Waals surface area (Å²) in [5, 5.41) is 8.24. The van der Waals surface area contributed by atoms with E-state index in [2.05, 4.69) is 10.2 Å². The third-order valence-electron chi connectivity index (χ3n) is 5.52. The molecule has 0 amide bonds. The van der Waals surface area contributed by atoms with Crippen LogP contribution in [0.25, 0.3) is 0 Å². The summed E-state index contributed by atoms with van der Waals surface area (Å²) in [6.45, 7) is 5.92. The molecular weight excluding hydrogens is 450 g/mol. The van der Waals surface area contributed by atoms with Crippen LogP contribution in [0, 0.1) is 20.8 Å². The molecule has 32 heavy (non-hydrogen) atoms. The molecule has 170 valence electrons. The molecule has 0 radical (unpaired) electrons. The molecule has 1 atom stereocenters. The van der Waals surface area contributed by atoms with Crippen LogP contribution in [0.4, 0.5) is 0 Å². The van der Waals surface area contributed by atoms with E-state index in [0.29, 0.717) is 28.8 Å². The van der Waals surface area contributed by atoms with Gasteiger partial charge in [0, 0.05) is 23.0 Å². The summed E-state index contributed by atoms with van der Waals surface area (Å²) in [5.41, 5.74) is 3.44. The lowest BCUT2D eigenvalue weighted by Gasteiger charge is -2.16. The number of aromatic nitrogens is 3. The van der Waals surface area contributed by atoms with E-state index in [0.717, 1.165) is 17.0 Å². The summed E-state index contributed by atoms with van der Waals surface area (Å²) >= 11 is 1.17. The molecule has 4 rings (SSSR count). The topological polar surface area (TPSA) is 104 Å². The Morgan fingerprint density at radius 2 is 1.97 bits per heavy atom. The number of rotatable bonds is 8. The fourth-order valence-corrected chi connectivity index (χ4v) is 6.30. The van der Waals surface area contributed by atoms with Gasteiger partial charge in [0.15, 0.2) is 22.2 Å². The Bertz CT molecular complexity index is 1230. The number of thioether (sulfide) groups is 1. The summed E-state index contributed by atoms with van der Waals surface area (Å²) in [4.78, 5) is 12.8. The van der Waals surface area contributed by atoms with E-state index in [-0.39, 0.29) is 35.7 Å². The molecule has 0 saturated carbocycles. The Balaban J connectivity index is 1.35. The van der Waals surface area contributed by atoms with Crippen molar-refractivity contribution in [1.82, 2.24) is 14.8 Å². The van der Waals surface area contributed by atoms with Gasteiger partial charge in [0.2, 0.25) is 0 Å². The highest BCUT2D eigenvalue weighted by molar-refractivity contribution is 7.99. The second-order valence-corrected chi connectivity index (χ2v) is 11.1. The number of ketones is 1. The van der Waals surface area contributed by atoms with Crippen molar-refractivity contribution in [1.29, 1.82) is 0 Å². The molecule has 10 heteroatoms. The molecule has 1 fully saturated rings. The van der Waals surface area contributed by atoms with E-state index in [1.165, 1.54) is 11.8 Å². The van der Waals surface area contributed by atoms with E-state index in [1.54, 1.807) is 0 Å². The second-order valence-electron chi connectivity index (χ2n) is 7.99. The van der Waals surface area contributed by atoms with Crippen molar-refractivity contribution in [2.24, 2.45) is 0 Å². The van der Waals surface area contributed by atoms with Crippen molar-refractivity contribution in [3.8, 4) is 5.75 Å². The normalized spacial score (nSPS) is 17.5. The van der Waals surface area contributed by atoms with Gasteiger partial charge >= 0.3 is 0 Å². The van der Waals surface area contributed by atoms with Crippen LogP contribution in [0.3, 0.4) is 0 Å². The van der Waals surface area contributed by atoms with Crippen molar-refractivity contribution >= 4 is 27.4 Å². The van der Waals surface area contributed by atoms with Crippen molar-refractivity contribution in [3.63, 3.8) is 0 Å². The van der Waals surface area contributed by atoms with Gasteiger partial charge in [0.25, 0.3) is 11.1 Å². The van der Waals surface area contributed by atoms with Crippen LogP contribution in [0.5, 0.6) is 5.75 Å². The SMILES string of the molecule is Cc1ccc(OCc2nnc(SCC(=O)c3cc(C)n(C4CCS(=O)(=O)C4)c3C)o2)cc1. The third kappa shape index (κ3) is 5.07. The fourth-order valence-electron chi connectivity index (χ4n) is 3.94. The lowest BCUT2D eigenvalue weighted by Crippen LogP contribution is -2.14. The Kier molecular flexibility index (Phi) is 6.43. The van der Waals surface area contributed by atoms with Gasteiger partial charge in [0.1, 0.15) is 5.75 Å². The van der Waals surface area contributed by atoms with E-state index in [9.17, 15) is 13.2 Å². The largest absolute Gasteiger partial charge is 0.484 e. The molecular formula is C22H25N3O5S2. The maximum absolute atomic E-state index is 12.8. The Hall–Kier alpha value is -2.59. The average Bonchev–Trinajstić information content (AvgIpc) is 3.43. The summed E-state index contributed by atoms with van der Waals surface area (Å²) in [6, 6.07) is 9.38. The minimum absolute atomic E-state index is 0.0640. The van der Waals surface area contributed by atoms with Gasteiger partial charge in [-0.1, -0.05) is 29.5 Å². The number of benzene rings is 1. The van der Waals surface area contributed by atoms with Crippen LogP contribution in [0.2, 0.25) is 0 Å². The monoisotopic (exact) mass is 475 g/mol. The standard InChI is InChI=1S/C22H25N3O5S2/c1-14-4-6-18(7-5-14)29-11-21-23-24-22(30-21)31-12-20(26)19-10-15(2)25(16(19)3)17-8-9-32(27,28)13-17/h4-7,10,17H,8-9,11-13H2,1-3H3. The summed E-state index contributed by atoms with van der Waals surface area (Å²) in [5.74, 6) is 1.45. The molecule has 1 unspecified atom stereocenters. The van der Waals surface area contributed by atoms with Crippen LogP contribution in [-0.2, 0) is 16.4 Å². The van der Waals surface area contributed by atoms with Crippen molar-refractivity contribution in [2.45, 2.75) is 45.1 Å². The number of sulfone groups is 1. The minimum atomic E-state index is -3.00. The van der Waals surface area contributed by atoms with Crippen LogP contribution >= 0.6 is 11.8 Å². The molecule has 3 heterocycles. The molecule has 2 aromatic heterocycles. The Morgan fingerprint density at radius 3 is 2.66 bits per heavy atom. The number of ether oxygens (including phenoxy) is 1. The average molecular weight is 476 g/mol. The van der Waals surface area contributed by atoms with Crippen LogP contribution in [0.15, 0.2) is 40.0 Å². The van der Waals surface area contributed by atoms with Gasteiger partial charge in [-0.3, -0.25) is 4.79 Å². The lowest BCUT2D eigenvalue weighted by molar-refractivity contribution is 0.102. The van der Waals surface area contributed by atoms with Crippen LogP contribution < -0.4 is 4.74 Å². The lowest BCUT2D eigenvalue weighted by atomic mass is 10.2. The second kappa shape index (κ2) is 9.11. The first-order valence-corrected chi connectivity index (χ1v) is 13.1. The number of nitrogens with zero attached hydrogens (tertiary/aromatic N) is 3. The van der Waals surface area contributed by atoms with Crippen molar-refractivity contribution < 1.29 is 22.4 Å². The number of hydrogen-bond acceptors (Lipinski definition) is 8. The van der Waals surface area contributed by atoms with Gasteiger partial charge in [0.05, 0.1) is 17.3 Å². The van der Waals surface area contributed by atoms with E-state index < -0.39 is 9.84 Å². The van der Waals surface area contributed by atoms with Gasteiger partial charge in [-0.25, -0.2) is 8.42 Å². The number of carbonyl (C=O) groups excluding carboxylic acids is 1. The fraction of sp³-hybridized carbons (Fsp3) is 0.409. The molecule has 0 spiro atoms. The smallest absolute Gasteiger partial charge is 0.277 e. The zero-order valence-electron chi connectivity index (χ0n) is 18.2. The summed E-state index contributed by atoms with van der Waals surface area (Å²) in [7, 11) is -3.00. The molecule has 0 aliphatic carbocycles. The molecule has 0 N–H and O–H groups in total. The quantitative estimate of drug-likeness (QED) is 0.359. The first-order valence-electron chi connectivity index (χ1n) is 10.3. The molecule has 1 saturated heterocycles. The Morgan fingerprint density at radius 1 is 1.22 bits per heavy atom. The molecule has 1 aliphatic rings. The molecule has 8 nitrogen and oxygen atoms in total. The van der Waals surface area contributed by atoms with E-state index >= 15 is 0 Å². The van der Waals surface area contributed by atoms with Crippen LogP contribution in [-0.4, -0.2) is 46.2 Å².